The van der Waals surface area contributed by atoms with E-state index in [-0.39, 0.29) is 18.4 Å². The van der Waals surface area contributed by atoms with E-state index in [4.69, 9.17) is 0 Å². The quantitative estimate of drug-likeness (QED) is 0.462. The number of hydrogen-bond donors (Lipinski definition) is 2. The zero-order valence-electron chi connectivity index (χ0n) is 17.2. The Morgan fingerprint density at radius 2 is 1.39 bits per heavy atom. The number of benzene rings is 4. The van der Waals surface area contributed by atoms with Crippen LogP contribution < -0.4 is 15.5 Å². The average molecular weight is 409 g/mol. The number of hydrogen-bond acceptors (Lipinski definition) is 3. The number of carbonyl (C=O) groups excluding carboxylic acids is 2. The van der Waals surface area contributed by atoms with Crippen LogP contribution in [-0.4, -0.2) is 25.4 Å². The summed E-state index contributed by atoms with van der Waals surface area (Å²) in [5.74, 6) is -0.268. The van der Waals surface area contributed by atoms with Gasteiger partial charge in [0.25, 0.3) is 5.91 Å². The highest BCUT2D eigenvalue weighted by Crippen LogP contribution is 2.19. The third-order valence-electron chi connectivity index (χ3n) is 5.07. The summed E-state index contributed by atoms with van der Waals surface area (Å²) in [4.78, 5) is 26.6. The number of anilines is 3. The lowest BCUT2D eigenvalue weighted by Gasteiger charge is -2.17. The molecule has 0 radical (unpaired) electrons. The van der Waals surface area contributed by atoms with Gasteiger partial charge in [0.15, 0.2) is 0 Å². The molecule has 154 valence electrons. The molecule has 5 nitrogen and oxygen atoms in total. The lowest BCUT2D eigenvalue weighted by molar-refractivity contribution is -0.114. The van der Waals surface area contributed by atoms with Gasteiger partial charge in [-0.1, -0.05) is 48.5 Å². The normalized spacial score (nSPS) is 10.5. The first-order valence-corrected chi connectivity index (χ1v) is 10.1. The van der Waals surface area contributed by atoms with Gasteiger partial charge >= 0.3 is 0 Å². The Kier molecular flexibility index (Phi) is 5.94. The van der Waals surface area contributed by atoms with Crippen LogP contribution in [0.15, 0.2) is 97.1 Å². The van der Waals surface area contributed by atoms with Crippen molar-refractivity contribution in [1.82, 2.24) is 0 Å². The molecule has 4 rings (SSSR count). The molecule has 0 saturated carbocycles. The molecule has 0 aliphatic heterocycles. The molecule has 0 aliphatic carbocycles. The molecule has 2 N–H and O–H groups in total. The standard InChI is InChI=1S/C26H23N3O2/c1-29(24-9-3-2-4-10-24)26(31)20-12-14-22(15-13-20)28-25(30)18-27-23-16-11-19-7-5-6-8-21(19)17-23/h2-17,27H,18H2,1H3,(H,28,30). The van der Waals surface area contributed by atoms with Crippen molar-refractivity contribution in [2.75, 3.05) is 29.1 Å². The molecule has 0 bridgehead atoms. The van der Waals surface area contributed by atoms with Gasteiger partial charge < -0.3 is 15.5 Å². The fourth-order valence-electron chi connectivity index (χ4n) is 3.35. The highest BCUT2D eigenvalue weighted by molar-refractivity contribution is 6.06. The third-order valence-corrected chi connectivity index (χ3v) is 5.07. The Bertz CT molecular complexity index is 1200. The summed E-state index contributed by atoms with van der Waals surface area (Å²) in [5, 5.41) is 8.27. The van der Waals surface area contributed by atoms with Crippen molar-refractivity contribution in [1.29, 1.82) is 0 Å². The van der Waals surface area contributed by atoms with Gasteiger partial charge in [0.1, 0.15) is 0 Å². The van der Waals surface area contributed by atoms with Crippen molar-refractivity contribution < 1.29 is 9.59 Å². The molecule has 4 aromatic carbocycles. The van der Waals surface area contributed by atoms with Crippen molar-refractivity contribution in [2.24, 2.45) is 0 Å². The summed E-state index contributed by atoms with van der Waals surface area (Å²) in [6, 6.07) is 30.5. The molecule has 0 unspecified atom stereocenters. The second-order valence-corrected chi connectivity index (χ2v) is 7.24. The minimum Gasteiger partial charge on any atom is -0.376 e. The summed E-state index contributed by atoms with van der Waals surface area (Å²) in [6.45, 7) is 0.149. The largest absolute Gasteiger partial charge is 0.376 e. The van der Waals surface area contributed by atoms with Crippen LogP contribution in [0.4, 0.5) is 17.1 Å². The van der Waals surface area contributed by atoms with Crippen LogP contribution >= 0.6 is 0 Å². The molecule has 2 amide bonds. The van der Waals surface area contributed by atoms with Crippen LogP contribution in [0.5, 0.6) is 0 Å². The van der Waals surface area contributed by atoms with Crippen LogP contribution in [0, 0.1) is 0 Å². The fraction of sp³-hybridized carbons (Fsp3) is 0.0769. The van der Waals surface area contributed by atoms with Gasteiger partial charge in [-0.3, -0.25) is 9.59 Å². The first-order valence-electron chi connectivity index (χ1n) is 10.1. The molecule has 0 heterocycles. The molecular formula is C26H23N3O2. The summed E-state index contributed by atoms with van der Waals surface area (Å²) in [6.07, 6.45) is 0. The third kappa shape index (κ3) is 4.90. The van der Waals surface area contributed by atoms with Crippen LogP contribution in [0.2, 0.25) is 0 Å². The Hall–Kier alpha value is -4.12. The fourth-order valence-corrected chi connectivity index (χ4v) is 3.35. The highest BCUT2D eigenvalue weighted by atomic mass is 16.2. The zero-order valence-corrected chi connectivity index (χ0v) is 17.2. The summed E-state index contributed by atoms with van der Waals surface area (Å²) in [5.41, 5.74) is 2.91. The Morgan fingerprint density at radius 1 is 0.742 bits per heavy atom. The van der Waals surface area contributed by atoms with E-state index in [1.807, 2.05) is 66.7 Å². The van der Waals surface area contributed by atoms with Gasteiger partial charge in [-0.2, -0.15) is 0 Å². The Morgan fingerprint density at radius 3 is 2.13 bits per heavy atom. The number of carbonyl (C=O) groups is 2. The molecule has 5 heteroatoms. The molecule has 31 heavy (non-hydrogen) atoms. The first-order chi connectivity index (χ1) is 15.1. The second-order valence-electron chi connectivity index (χ2n) is 7.24. The van der Waals surface area contributed by atoms with Crippen molar-refractivity contribution in [3.8, 4) is 0 Å². The van der Waals surface area contributed by atoms with E-state index >= 15 is 0 Å². The minimum absolute atomic E-state index is 0.109. The molecule has 0 spiro atoms. The molecule has 0 saturated heterocycles. The minimum atomic E-state index is -0.159. The van der Waals surface area contributed by atoms with E-state index in [1.54, 1.807) is 36.2 Å². The Labute approximate surface area is 181 Å². The predicted molar refractivity (Wildman–Crippen MR) is 127 cm³/mol. The number of rotatable bonds is 6. The SMILES string of the molecule is CN(C(=O)c1ccc(NC(=O)CNc2ccc3ccccc3c2)cc1)c1ccccc1. The van der Waals surface area contributed by atoms with Crippen LogP contribution in [0.3, 0.4) is 0 Å². The predicted octanol–water partition coefficient (Wildman–Crippen LogP) is 5.17. The molecule has 0 fully saturated rings. The van der Waals surface area contributed by atoms with Crippen LogP contribution in [0.25, 0.3) is 10.8 Å². The van der Waals surface area contributed by atoms with E-state index in [9.17, 15) is 9.59 Å². The van der Waals surface area contributed by atoms with E-state index in [1.165, 1.54) is 0 Å². The number of nitrogens with zero attached hydrogens (tertiary/aromatic N) is 1. The average Bonchev–Trinajstić information content (AvgIpc) is 2.82. The number of amides is 2. The van der Waals surface area contributed by atoms with Gasteiger partial charge in [0.05, 0.1) is 6.54 Å². The molecular weight excluding hydrogens is 386 g/mol. The number of para-hydroxylation sites is 1. The van der Waals surface area contributed by atoms with Gasteiger partial charge in [-0.05, 0) is 59.3 Å². The zero-order chi connectivity index (χ0) is 21.6. The van der Waals surface area contributed by atoms with Crippen molar-refractivity contribution in [2.45, 2.75) is 0 Å². The number of nitrogens with one attached hydrogen (secondary N) is 2. The lowest BCUT2D eigenvalue weighted by Crippen LogP contribution is -2.26. The monoisotopic (exact) mass is 409 g/mol. The number of fused-ring (bicyclic) bond motifs is 1. The topological polar surface area (TPSA) is 61.4 Å². The maximum Gasteiger partial charge on any atom is 0.258 e. The van der Waals surface area contributed by atoms with E-state index in [0.717, 1.165) is 22.1 Å². The smallest absolute Gasteiger partial charge is 0.258 e. The lowest BCUT2D eigenvalue weighted by atomic mass is 10.1. The maximum absolute atomic E-state index is 12.7. The van der Waals surface area contributed by atoms with Crippen molar-refractivity contribution in [3.05, 3.63) is 103 Å². The van der Waals surface area contributed by atoms with Gasteiger partial charge in [0, 0.05) is 29.7 Å². The summed E-state index contributed by atoms with van der Waals surface area (Å²) < 4.78 is 0. The summed E-state index contributed by atoms with van der Waals surface area (Å²) in [7, 11) is 1.74. The Balaban J connectivity index is 1.33. The van der Waals surface area contributed by atoms with Crippen LogP contribution in [0.1, 0.15) is 10.4 Å². The molecule has 0 aliphatic rings. The van der Waals surface area contributed by atoms with Crippen molar-refractivity contribution in [3.63, 3.8) is 0 Å². The summed E-state index contributed by atoms with van der Waals surface area (Å²) >= 11 is 0. The van der Waals surface area contributed by atoms with Crippen molar-refractivity contribution >= 4 is 39.6 Å². The highest BCUT2D eigenvalue weighted by Gasteiger charge is 2.13. The first kappa shape index (κ1) is 20.2. The molecule has 0 aromatic heterocycles. The van der Waals surface area contributed by atoms with Crippen LogP contribution in [-0.2, 0) is 4.79 Å². The van der Waals surface area contributed by atoms with Gasteiger partial charge in [-0.25, -0.2) is 0 Å². The van der Waals surface area contributed by atoms with E-state index in [0.29, 0.717) is 11.3 Å². The van der Waals surface area contributed by atoms with E-state index in [2.05, 4.69) is 16.7 Å². The van der Waals surface area contributed by atoms with Gasteiger partial charge in [-0.15, -0.1) is 0 Å². The molecule has 0 atom stereocenters. The van der Waals surface area contributed by atoms with E-state index < -0.39 is 0 Å². The second kappa shape index (κ2) is 9.13. The maximum atomic E-state index is 12.7. The molecule has 4 aromatic rings. The van der Waals surface area contributed by atoms with Gasteiger partial charge in [0.2, 0.25) is 5.91 Å².